The minimum Gasteiger partial charge on any atom is -0.396 e. The monoisotopic (exact) mass is 152 g/mol. The van der Waals surface area contributed by atoms with E-state index in [9.17, 15) is 0 Å². The van der Waals surface area contributed by atoms with Gasteiger partial charge in [-0.05, 0) is 12.5 Å². The Hall–Kier alpha value is -1.16. The Morgan fingerprint density at radius 1 is 1.55 bits per heavy atom. The number of hydrogen-bond acceptors (Lipinski definition) is 4. The van der Waals surface area contributed by atoms with Crippen LogP contribution in [0.2, 0.25) is 0 Å². The summed E-state index contributed by atoms with van der Waals surface area (Å²) in [5, 5.41) is 0. The van der Waals surface area contributed by atoms with Gasteiger partial charge in [-0.1, -0.05) is 6.08 Å². The summed E-state index contributed by atoms with van der Waals surface area (Å²) in [5.74, 6) is 1.01. The second-order valence-corrected chi connectivity index (χ2v) is 2.72. The van der Waals surface area contributed by atoms with Gasteiger partial charge in [0.05, 0.1) is 12.4 Å². The number of fused-ring (bicyclic) bond motifs is 1. The standard InChI is InChI=1S/C7H12N4/c8-6-3-1-2-4-11-5-9-10-7(6)11/h1,3,9-10H,2,4-5,8H2. The van der Waals surface area contributed by atoms with E-state index in [2.05, 4.69) is 21.8 Å². The molecule has 11 heavy (non-hydrogen) atoms. The molecule has 1 fully saturated rings. The molecule has 0 amide bonds. The molecule has 2 heterocycles. The van der Waals surface area contributed by atoms with Gasteiger partial charge < -0.3 is 16.1 Å². The van der Waals surface area contributed by atoms with E-state index in [1.807, 2.05) is 6.08 Å². The van der Waals surface area contributed by atoms with Gasteiger partial charge in [-0.2, -0.15) is 0 Å². The highest BCUT2D eigenvalue weighted by molar-refractivity contribution is 5.23. The van der Waals surface area contributed by atoms with Gasteiger partial charge in [0.25, 0.3) is 0 Å². The molecule has 0 unspecified atom stereocenters. The fourth-order valence-electron chi connectivity index (χ4n) is 1.34. The number of hydrogen-bond donors (Lipinski definition) is 3. The highest BCUT2D eigenvalue weighted by Gasteiger charge is 2.18. The van der Waals surface area contributed by atoms with Crippen molar-refractivity contribution in [2.45, 2.75) is 6.42 Å². The van der Waals surface area contributed by atoms with Gasteiger partial charge in [-0.15, -0.1) is 0 Å². The summed E-state index contributed by atoms with van der Waals surface area (Å²) in [4.78, 5) is 2.19. The first kappa shape index (κ1) is 6.54. The predicted octanol–water partition coefficient (Wildman–Crippen LogP) is -0.559. The van der Waals surface area contributed by atoms with E-state index in [1.165, 1.54) is 0 Å². The molecule has 4 N–H and O–H groups in total. The zero-order valence-corrected chi connectivity index (χ0v) is 6.30. The third-order valence-electron chi connectivity index (χ3n) is 1.93. The lowest BCUT2D eigenvalue weighted by molar-refractivity contribution is 0.390. The minimum absolute atomic E-state index is 0.813. The maximum absolute atomic E-state index is 5.77. The van der Waals surface area contributed by atoms with E-state index in [-0.39, 0.29) is 0 Å². The van der Waals surface area contributed by atoms with Crippen molar-refractivity contribution in [2.24, 2.45) is 5.73 Å². The lowest BCUT2D eigenvalue weighted by atomic mass is 10.3. The van der Waals surface area contributed by atoms with Gasteiger partial charge in [0.1, 0.15) is 5.82 Å². The SMILES string of the molecule is NC1=C2NNCN2CCC=C1. The van der Waals surface area contributed by atoms with Gasteiger partial charge in [0.15, 0.2) is 0 Å². The van der Waals surface area contributed by atoms with Crippen LogP contribution in [0, 0.1) is 0 Å². The summed E-state index contributed by atoms with van der Waals surface area (Å²) in [7, 11) is 0. The molecule has 4 heteroatoms. The van der Waals surface area contributed by atoms with E-state index in [4.69, 9.17) is 5.73 Å². The fraction of sp³-hybridized carbons (Fsp3) is 0.429. The quantitative estimate of drug-likeness (QED) is 0.435. The molecule has 0 aromatic heterocycles. The second kappa shape index (κ2) is 2.47. The van der Waals surface area contributed by atoms with Gasteiger partial charge in [-0.3, -0.25) is 0 Å². The normalized spacial score (nSPS) is 23.1. The number of nitrogens with zero attached hydrogens (tertiary/aromatic N) is 1. The van der Waals surface area contributed by atoms with Crippen molar-refractivity contribution in [3.05, 3.63) is 23.7 Å². The summed E-state index contributed by atoms with van der Waals surface area (Å²) in [6.45, 7) is 1.88. The van der Waals surface area contributed by atoms with Crippen LogP contribution in [0.4, 0.5) is 0 Å². The van der Waals surface area contributed by atoms with Crippen molar-refractivity contribution in [1.29, 1.82) is 0 Å². The summed E-state index contributed by atoms with van der Waals surface area (Å²) >= 11 is 0. The molecule has 4 nitrogen and oxygen atoms in total. The minimum atomic E-state index is 0.813. The second-order valence-electron chi connectivity index (χ2n) is 2.72. The Morgan fingerprint density at radius 2 is 2.45 bits per heavy atom. The first-order valence-corrected chi connectivity index (χ1v) is 3.78. The average Bonchev–Trinajstić information content (AvgIpc) is 2.40. The zero-order chi connectivity index (χ0) is 7.68. The third-order valence-corrected chi connectivity index (χ3v) is 1.93. The van der Waals surface area contributed by atoms with Crippen molar-refractivity contribution < 1.29 is 0 Å². The first-order valence-electron chi connectivity index (χ1n) is 3.78. The zero-order valence-electron chi connectivity index (χ0n) is 6.30. The molecular weight excluding hydrogens is 140 g/mol. The largest absolute Gasteiger partial charge is 0.396 e. The molecule has 0 spiro atoms. The first-order chi connectivity index (χ1) is 5.38. The highest BCUT2D eigenvalue weighted by atomic mass is 15.6. The topological polar surface area (TPSA) is 53.3 Å². The molecule has 0 atom stereocenters. The molecule has 0 saturated carbocycles. The number of rotatable bonds is 0. The van der Waals surface area contributed by atoms with E-state index in [0.717, 1.165) is 31.2 Å². The van der Waals surface area contributed by atoms with E-state index in [1.54, 1.807) is 0 Å². The average molecular weight is 152 g/mol. The van der Waals surface area contributed by atoms with Crippen molar-refractivity contribution in [1.82, 2.24) is 15.8 Å². The molecular formula is C7H12N4. The van der Waals surface area contributed by atoms with Gasteiger partial charge in [0.2, 0.25) is 0 Å². The Balaban J connectivity index is 2.29. The molecule has 0 radical (unpaired) electrons. The van der Waals surface area contributed by atoms with Crippen LogP contribution in [0.5, 0.6) is 0 Å². The van der Waals surface area contributed by atoms with E-state index >= 15 is 0 Å². The van der Waals surface area contributed by atoms with Crippen LogP contribution in [0.15, 0.2) is 23.7 Å². The van der Waals surface area contributed by atoms with Gasteiger partial charge in [0, 0.05) is 6.54 Å². The molecule has 0 aromatic rings. The van der Waals surface area contributed by atoms with Gasteiger partial charge in [-0.25, -0.2) is 5.43 Å². The lowest BCUT2D eigenvalue weighted by Crippen LogP contribution is -2.23. The van der Waals surface area contributed by atoms with Gasteiger partial charge >= 0.3 is 0 Å². The molecule has 0 aliphatic carbocycles. The van der Waals surface area contributed by atoms with Crippen LogP contribution in [0.25, 0.3) is 0 Å². The number of nitrogens with two attached hydrogens (primary N) is 1. The molecule has 0 bridgehead atoms. The van der Waals surface area contributed by atoms with Crippen molar-refractivity contribution in [3.8, 4) is 0 Å². The molecule has 2 aliphatic rings. The Morgan fingerprint density at radius 3 is 3.36 bits per heavy atom. The Bertz CT molecular complexity index is 218. The van der Waals surface area contributed by atoms with Crippen LogP contribution < -0.4 is 16.6 Å². The molecule has 2 aliphatic heterocycles. The number of hydrazine groups is 1. The summed E-state index contributed by atoms with van der Waals surface area (Å²) in [6, 6.07) is 0. The van der Waals surface area contributed by atoms with Crippen LogP contribution >= 0.6 is 0 Å². The summed E-state index contributed by atoms with van der Waals surface area (Å²) in [6.07, 6.45) is 5.12. The third kappa shape index (κ3) is 1.05. The fourth-order valence-corrected chi connectivity index (χ4v) is 1.34. The van der Waals surface area contributed by atoms with Crippen LogP contribution in [-0.4, -0.2) is 18.1 Å². The molecule has 1 saturated heterocycles. The molecule has 60 valence electrons. The van der Waals surface area contributed by atoms with E-state index in [0.29, 0.717) is 0 Å². The Labute approximate surface area is 65.7 Å². The van der Waals surface area contributed by atoms with Crippen LogP contribution in [0.3, 0.4) is 0 Å². The van der Waals surface area contributed by atoms with Crippen molar-refractivity contribution >= 4 is 0 Å². The predicted molar refractivity (Wildman–Crippen MR) is 42.8 cm³/mol. The summed E-state index contributed by atoms with van der Waals surface area (Å²) < 4.78 is 0. The molecule has 2 rings (SSSR count). The van der Waals surface area contributed by atoms with Crippen LogP contribution in [0.1, 0.15) is 6.42 Å². The van der Waals surface area contributed by atoms with Crippen LogP contribution in [-0.2, 0) is 0 Å². The lowest BCUT2D eigenvalue weighted by Gasteiger charge is -2.15. The summed E-state index contributed by atoms with van der Waals surface area (Å²) in [5.41, 5.74) is 12.6. The maximum Gasteiger partial charge on any atom is 0.141 e. The van der Waals surface area contributed by atoms with Crippen molar-refractivity contribution in [2.75, 3.05) is 13.2 Å². The molecule has 0 aromatic carbocycles. The van der Waals surface area contributed by atoms with Crippen molar-refractivity contribution in [3.63, 3.8) is 0 Å². The number of allylic oxidation sites excluding steroid dienone is 1. The number of nitrogens with one attached hydrogen (secondary N) is 2. The highest BCUT2D eigenvalue weighted by Crippen LogP contribution is 2.12. The maximum atomic E-state index is 5.77. The smallest absolute Gasteiger partial charge is 0.141 e. The van der Waals surface area contributed by atoms with E-state index < -0.39 is 0 Å². The Kier molecular flexibility index (Phi) is 1.47.